The molecule has 4 rings (SSSR count). The first-order valence-corrected chi connectivity index (χ1v) is 9.03. The van der Waals surface area contributed by atoms with Crippen LogP contribution in [-0.4, -0.2) is 34.0 Å². The first kappa shape index (κ1) is 19.0. The lowest BCUT2D eigenvalue weighted by atomic mass is 10.1. The average Bonchev–Trinajstić information content (AvgIpc) is 3.15. The summed E-state index contributed by atoms with van der Waals surface area (Å²) in [6.45, 7) is 0.983. The largest absolute Gasteiger partial charge is 0.496 e. The van der Waals surface area contributed by atoms with E-state index in [-0.39, 0.29) is 23.8 Å². The fourth-order valence-corrected chi connectivity index (χ4v) is 3.59. The minimum atomic E-state index is -4.47. The van der Waals surface area contributed by atoms with Crippen LogP contribution in [0, 0.1) is 0 Å². The van der Waals surface area contributed by atoms with Crippen molar-refractivity contribution in [1.29, 1.82) is 0 Å². The minimum absolute atomic E-state index is 0.0377. The van der Waals surface area contributed by atoms with E-state index in [0.29, 0.717) is 30.1 Å². The van der Waals surface area contributed by atoms with Crippen LogP contribution in [0.5, 0.6) is 5.75 Å². The summed E-state index contributed by atoms with van der Waals surface area (Å²) in [5.74, 6) is 0.556. The summed E-state index contributed by atoms with van der Waals surface area (Å²) in [6, 6.07) is 12.3. The molecule has 0 radical (unpaired) electrons. The molecule has 1 aliphatic heterocycles. The van der Waals surface area contributed by atoms with E-state index in [9.17, 15) is 18.0 Å². The molecule has 0 spiro atoms. The van der Waals surface area contributed by atoms with Gasteiger partial charge in [0.25, 0.3) is 5.91 Å². The van der Waals surface area contributed by atoms with Crippen LogP contribution >= 0.6 is 0 Å². The predicted octanol–water partition coefficient (Wildman–Crippen LogP) is 4.23. The Morgan fingerprint density at radius 2 is 1.79 bits per heavy atom. The molecular formula is C21H18F3N3O2. The number of halogens is 3. The Morgan fingerprint density at radius 1 is 1.07 bits per heavy atom. The van der Waals surface area contributed by atoms with Gasteiger partial charge in [0.1, 0.15) is 11.6 Å². The smallest absolute Gasteiger partial charge is 0.417 e. The number of imidazole rings is 1. The third-order valence-corrected chi connectivity index (χ3v) is 4.98. The number of para-hydroxylation sites is 1. The van der Waals surface area contributed by atoms with E-state index in [2.05, 4.69) is 4.98 Å². The first-order valence-electron chi connectivity index (χ1n) is 9.03. The van der Waals surface area contributed by atoms with Gasteiger partial charge in [-0.25, -0.2) is 4.98 Å². The van der Waals surface area contributed by atoms with Crippen molar-refractivity contribution in [2.75, 3.05) is 13.7 Å². The van der Waals surface area contributed by atoms with E-state index >= 15 is 0 Å². The number of hydrogen-bond acceptors (Lipinski definition) is 3. The van der Waals surface area contributed by atoms with Gasteiger partial charge in [0.05, 0.1) is 36.7 Å². The number of hydrogen-bond donors (Lipinski definition) is 0. The van der Waals surface area contributed by atoms with Crippen molar-refractivity contribution in [1.82, 2.24) is 14.5 Å². The topological polar surface area (TPSA) is 47.4 Å². The second kappa shape index (κ2) is 7.27. The summed E-state index contributed by atoms with van der Waals surface area (Å²) in [5, 5.41) is 0. The molecule has 0 atom stereocenters. The summed E-state index contributed by atoms with van der Waals surface area (Å²) >= 11 is 0. The Morgan fingerprint density at radius 3 is 2.55 bits per heavy atom. The van der Waals surface area contributed by atoms with Crippen LogP contribution in [0.15, 0.2) is 54.7 Å². The fourth-order valence-electron chi connectivity index (χ4n) is 3.59. The minimum Gasteiger partial charge on any atom is -0.496 e. The van der Waals surface area contributed by atoms with Crippen molar-refractivity contribution >= 4 is 5.91 Å². The molecule has 0 N–H and O–H groups in total. The van der Waals surface area contributed by atoms with E-state index in [1.807, 2.05) is 0 Å². The number of aromatic nitrogens is 2. The summed E-state index contributed by atoms with van der Waals surface area (Å²) < 4.78 is 47.2. The molecule has 1 aliphatic rings. The Hall–Kier alpha value is -3.29. The van der Waals surface area contributed by atoms with Gasteiger partial charge in [0.2, 0.25) is 0 Å². The third kappa shape index (κ3) is 3.46. The Bertz CT molecular complexity index is 1060. The molecule has 150 valence electrons. The molecule has 5 nitrogen and oxygen atoms in total. The molecule has 2 heterocycles. The maximum atomic E-state index is 13.4. The van der Waals surface area contributed by atoms with Gasteiger partial charge in [-0.2, -0.15) is 13.2 Å². The average molecular weight is 401 g/mol. The number of fused-ring (bicyclic) bond motifs is 1. The monoisotopic (exact) mass is 401 g/mol. The maximum Gasteiger partial charge on any atom is 0.417 e. The third-order valence-electron chi connectivity index (χ3n) is 4.98. The molecule has 0 aliphatic carbocycles. The van der Waals surface area contributed by atoms with Crippen LogP contribution in [0.3, 0.4) is 0 Å². The second-order valence-electron chi connectivity index (χ2n) is 6.70. The highest BCUT2D eigenvalue weighted by Gasteiger charge is 2.35. The molecule has 29 heavy (non-hydrogen) atoms. The molecular weight excluding hydrogens is 383 g/mol. The quantitative estimate of drug-likeness (QED) is 0.660. The van der Waals surface area contributed by atoms with Gasteiger partial charge in [-0.15, -0.1) is 0 Å². The van der Waals surface area contributed by atoms with Gasteiger partial charge in [-0.3, -0.25) is 4.79 Å². The van der Waals surface area contributed by atoms with E-state index in [0.717, 1.165) is 6.07 Å². The predicted molar refractivity (Wildman–Crippen MR) is 100 cm³/mol. The zero-order valence-electron chi connectivity index (χ0n) is 15.6. The van der Waals surface area contributed by atoms with Gasteiger partial charge in [-0.1, -0.05) is 30.3 Å². The molecule has 1 aromatic heterocycles. The number of carbonyl (C=O) groups excluding carboxylic acids is 1. The van der Waals surface area contributed by atoms with Crippen molar-refractivity contribution < 1.29 is 22.7 Å². The van der Waals surface area contributed by atoms with Crippen molar-refractivity contribution in [3.8, 4) is 17.1 Å². The lowest BCUT2D eigenvalue weighted by Crippen LogP contribution is -2.38. The number of carbonyl (C=O) groups is 1. The Kier molecular flexibility index (Phi) is 4.77. The molecule has 0 bridgehead atoms. The number of ether oxygens (including phenoxy) is 1. The molecule has 8 heteroatoms. The molecule has 1 amide bonds. The van der Waals surface area contributed by atoms with E-state index in [4.69, 9.17) is 4.74 Å². The van der Waals surface area contributed by atoms with Crippen LogP contribution in [0.25, 0.3) is 11.4 Å². The van der Waals surface area contributed by atoms with Gasteiger partial charge in [0, 0.05) is 18.7 Å². The SMILES string of the molecule is COc1ccccc1C(=O)N1CCn2c(cnc2-c2ccccc2C(F)(F)F)C1. The maximum absolute atomic E-state index is 13.4. The number of alkyl halides is 3. The highest BCUT2D eigenvalue weighted by atomic mass is 19.4. The summed E-state index contributed by atoms with van der Waals surface area (Å²) in [5.41, 5.74) is 0.453. The molecule has 0 unspecified atom stereocenters. The lowest BCUT2D eigenvalue weighted by molar-refractivity contribution is -0.137. The number of nitrogens with zero attached hydrogens (tertiary/aromatic N) is 3. The number of amides is 1. The van der Waals surface area contributed by atoms with Gasteiger partial charge >= 0.3 is 6.18 Å². The van der Waals surface area contributed by atoms with Crippen molar-refractivity contribution in [3.63, 3.8) is 0 Å². The zero-order valence-corrected chi connectivity index (χ0v) is 15.6. The van der Waals surface area contributed by atoms with Gasteiger partial charge in [0.15, 0.2) is 0 Å². The van der Waals surface area contributed by atoms with Crippen molar-refractivity contribution in [2.45, 2.75) is 19.3 Å². The van der Waals surface area contributed by atoms with E-state index < -0.39 is 11.7 Å². The van der Waals surface area contributed by atoms with Crippen LogP contribution in [0.2, 0.25) is 0 Å². The normalized spacial score (nSPS) is 13.9. The lowest BCUT2D eigenvalue weighted by Gasteiger charge is -2.29. The van der Waals surface area contributed by atoms with E-state index in [1.165, 1.54) is 25.4 Å². The molecule has 0 saturated carbocycles. The van der Waals surface area contributed by atoms with E-state index in [1.54, 1.807) is 39.8 Å². The summed E-state index contributed by atoms with van der Waals surface area (Å²) in [4.78, 5) is 18.8. The van der Waals surface area contributed by atoms with Gasteiger partial charge < -0.3 is 14.2 Å². The van der Waals surface area contributed by atoms with Crippen molar-refractivity contribution in [3.05, 3.63) is 71.5 Å². The van der Waals surface area contributed by atoms with Crippen LogP contribution in [-0.2, 0) is 19.3 Å². The molecule has 0 fully saturated rings. The Labute approximate surface area is 165 Å². The molecule has 3 aromatic rings. The summed E-state index contributed by atoms with van der Waals surface area (Å²) in [6.07, 6.45) is -2.94. The molecule has 2 aromatic carbocycles. The Balaban J connectivity index is 1.64. The second-order valence-corrected chi connectivity index (χ2v) is 6.70. The highest BCUT2D eigenvalue weighted by molar-refractivity contribution is 5.97. The molecule has 0 saturated heterocycles. The van der Waals surface area contributed by atoms with Crippen molar-refractivity contribution in [2.24, 2.45) is 0 Å². The number of methoxy groups -OCH3 is 1. The number of rotatable bonds is 3. The van der Waals surface area contributed by atoms with Crippen LogP contribution in [0.4, 0.5) is 13.2 Å². The standard InChI is InChI=1S/C21H18F3N3O2/c1-29-18-9-5-3-7-16(18)20(28)26-10-11-27-14(13-26)12-25-19(27)15-6-2-4-8-17(15)21(22,23)24/h2-9,12H,10-11,13H2,1H3. The van der Waals surface area contributed by atoms with Crippen LogP contribution < -0.4 is 4.74 Å². The first-order chi connectivity index (χ1) is 13.9. The summed E-state index contributed by atoms with van der Waals surface area (Å²) in [7, 11) is 1.50. The van der Waals surface area contributed by atoms with Crippen LogP contribution in [0.1, 0.15) is 21.6 Å². The highest BCUT2D eigenvalue weighted by Crippen LogP contribution is 2.37. The number of benzene rings is 2. The van der Waals surface area contributed by atoms with Gasteiger partial charge in [-0.05, 0) is 18.2 Å². The zero-order chi connectivity index (χ0) is 20.6. The fraction of sp³-hybridized carbons (Fsp3) is 0.238.